The predicted molar refractivity (Wildman–Crippen MR) is 114 cm³/mol. The van der Waals surface area contributed by atoms with E-state index >= 15 is 0 Å². The van der Waals surface area contributed by atoms with Crippen LogP contribution in [-0.4, -0.2) is 116 Å². The van der Waals surface area contributed by atoms with Gasteiger partial charge >= 0.3 is 30.8 Å². The molecular formula is C12H27BO18P4. The molecule has 23 heteroatoms. The summed E-state index contributed by atoms with van der Waals surface area (Å²) in [4.78, 5) is 38.6. The first kappa shape index (κ1) is 31.6. The second-order valence-electron chi connectivity index (χ2n) is 7.83. The molecule has 2 saturated heterocycles. The van der Waals surface area contributed by atoms with Crippen LogP contribution in [0, 0.1) is 0 Å². The van der Waals surface area contributed by atoms with E-state index in [1.807, 2.05) is 0 Å². The zero-order valence-corrected chi connectivity index (χ0v) is 21.8. The minimum absolute atomic E-state index is 0.854. The van der Waals surface area contributed by atoms with Crippen molar-refractivity contribution in [1.29, 1.82) is 0 Å². The SMILES string of the molecule is B[C@@H]1O[C@H](COP(=O)(O)OP(=O)(O)CP(=O)(O)OP(=O)(O)OC[C@H]2O[C@@H](C)[C@@H](O)C2O)C(O)C1O. The Labute approximate surface area is 199 Å². The number of hydrogen-bond donors (Lipinski definition) is 8. The van der Waals surface area contributed by atoms with Gasteiger partial charge in [0.2, 0.25) is 0 Å². The summed E-state index contributed by atoms with van der Waals surface area (Å²) in [6.45, 7) is -0.378. The molecule has 35 heavy (non-hydrogen) atoms. The summed E-state index contributed by atoms with van der Waals surface area (Å²) in [5.74, 6) is -1.95. The number of phosphoric ester groups is 2. The molecule has 18 nitrogen and oxygen atoms in total. The molecule has 12 atom stereocenters. The Kier molecular flexibility index (Phi) is 10.5. The van der Waals surface area contributed by atoms with Crippen LogP contribution in [0.2, 0.25) is 0 Å². The third-order valence-electron chi connectivity index (χ3n) is 4.83. The van der Waals surface area contributed by atoms with Gasteiger partial charge in [0.05, 0.1) is 25.3 Å². The molecule has 206 valence electrons. The third-order valence-corrected chi connectivity index (χ3v) is 12.3. The van der Waals surface area contributed by atoms with Crippen LogP contribution in [0.3, 0.4) is 0 Å². The lowest BCUT2D eigenvalue weighted by atomic mass is 9.93. The zero-order chi connectivity index (χ0) is 27.0. The minimum Gasteiger partial charge on any atom is -0.388 e. The van der Waals surface area contributed by atoms with Crippen molar-refractivity contribution in [2.45, 2.75) is 55.7 Å². The minimum atomic E-state index is -5.50. The van der Waals surface area contributed by atoms with E-state index in [0.717, 1.165) is 0 Å². The van der Waals surface area contributed by atoms with Crippen LogP contribution in [0.5, 0.6) is 0 Å². The van der Waals surface area contributed by atoms with Gasteiger partial charge in [-0.1, -0.05) is 0 Å². The van der Waals surface area contributed by atoms with Gasteiger partial charge in [0, 0.05) is 0 Å². The molecule has 0 aliphatic carbocycles. The molecule has 0 aromatic carbocycles. The van der Waals surface area contributed by atoms with E-state index < -0.39 is 98.7 Å². The highest BCUT2D eigenvalue weighted by molar-refractivity contribution is 7.76. The lowest BCUT2D eigenvalue weighted by molar-refractivity contribution is -0.0165. The van der Waals surface area contributed by atoms with Crippen LogP contribution in [0.25, 0.3) is 0 Å². The summed E-state index contributed by atoms with van der Waals surface area (Å²) in [5, 5.41) is 38.6. The Bertz CT molecular complexity index is 861. The van der Waals surface area contributed by atoms with Gasteiger partial charge < -0.3 is 49.5 Å². The van der Waals surface area contributed by atoms with E-state index in [-0.39, 0.29) is 0 Å². The lowest BCUT2D eigenvalue weighted by Gasteiger charge is -2.22. The second-order valence-corrected chi connectivity index (χ2v) is 15.2. The average molecular weight is 594 g/mol. The van der Waals surface area contributed by atoms with Gasteiger partial charge in [-0.05, 0) is 6.92 Å². The Morgan fingerprint density at radius 3 is 1.46 bits per heavy atom. The van der Waals surface area contributed by atoms with Gasteiger partial charge in [-0.2, -0.15) is 0 Å². The van der Waals surface area contributed by atoms with Crippen molar-refractivity contribution in [3.8, 4) is 0 Å². The number of aliphatic hydroxyl groups excluding tert-OH is 4. The Morgan fingerprint density at radius 2 is 1.11 bits per heavy atom. The molecule has 2 fully saturated rings. The monoisotopic (exact) mass is 594 g/mol. The van der Waals surface area contributed by atoms with Crippen LogP contribution in [0.1, 0.15) is 6.92 Å². The molecule has 0 aromatic heterocycles. The maximum Gasteiger partial charge on any atom is 0.479 e. The predicted octanol–water partition coefficient (Wildman–Crippen LogP) is -2.83. The Balaban J connectivity index is 1.89. The summed E-state index contributed by atoms with van der Waals surface area (Å²) in [6.07, 6.45) is -9.17. The van der Waals surface area contributed by atoms with Gasteiger partial charge in [0.25, 0.3) is 0 Å². The van der Waals surface area contributed by atoms with Gasteiger partial charge in [-0.25, -0.2) is 17.8 Å². The summed E-state index contributed by atoms with van der Waals surface area (Å²) in [6, 6.07) is -0.854. The zero-order valence-electron chi connectivity index (χ0n) is 18.2. The number of rotatable bonds is 12. The number of aliphatic hydroxyl groups is 4. The van der Waals surface area contributed by atoms with E-state index in [2.05, 4.69) is 17.7 Å². The van der Waals surface area contributed by atoms with Crippen molar-refractivity contribution in [3.63, 3.8) is 0 Å². The smallest absolute Gasteiger partial charge is 0.388 e. The van der Waals surface area contributed by atoms with E-state index in [4.69, 9.17) is 9.47 Å². The van der Waals surface area contributed by atoms with Crippen molar-refractivity contribution >= 4 is 38.7 Å². The van der Waals surface area contributed by atoms with Crippen molar-refractivity contribution in [3.05, 3.63) is 0 Å². The summed E-state index contributed by atoms with van der Waals surface area (Å²) < 4.78 is 75.0. The van der Waals surface area contributed by atoms with Gasteiger partial charge in [-0.15, -0.1) is 0 Å². The van der Waals surface area contributed by atoms with E-state index in [1.165, 1.54) is 14.8 Å². The molecular weight excluding hydrogens is 567 g/mol. The van der Waals surface area contributed by atoms with Crippen LogP contribution < -0.4 is 0 Å². The molecule has 8 N–H and O–H groups in total. The molecule has 2 aliphatic rings. The van der Waals surface area contributed by atoms with Crippen LogP contribution in [0.4, 0.5) is 0 Å². The average Bonchev–Trinajstić information content (AvgIpc) is 3.06. The molecule has 7 unspecified atom stereocenters. The van der Waals surface area contributed by atoms with Crippen molar-refractivity contribution in [2.24, 2.45) is 0 Å². The largest absolute Gasteiger partial charge is 0.479 e. The molecule has 2 heterocycles. The Morgan fingerprint density at radius 1 is 0.714 bits per heavy atom. The van der Waals surface area contributed by atoms with Crippen molar-refractivity contribution in [2.75, 3.05) is 19.1 Å². The molecule has 0 bridgehead atoms. The number of hydrogen-bond acceptors (Lipinski definition) is 14. The van der Waals surface area contributed by atoms with Gasteiger partial charge in [0.1, 0.15) is 44.5 Å². The molecule has 2 rings (SSSR count). The summed E-state index contributed by atoms with van der Waals surface area (Å²) in [7, 11) is -20.5. The summed E-state index contributed by atoms with van der Waals surface area (Å²) >= 11 is 0. The topological polar surface area (TPSA) is 285 Å². The maximum atomic E-state index is 12.1. The highest BCUT2D eigenvalue weighted by atomic mass is 31.3. The normalized spacial score (nSPS) is 40.5. The van der Waals surface area contributed by atoms with Crippen molar-refractivity contribution in [1.82, 2.24) is 0 Å². The molecule has 0 radical (unpaired) electrons. The quantitative estimate of drug-likeness (QED) is 0.0835. The molecule has 2 aliphatic heterocycles. The van der Waals surface area contributed by atoms with Crippen LogP contribution >= 0.6 is 30.8 Å². The molecule has 0 spiro atoms. The fraction of sp³-hybridized carbons (Fsp3) is 1.00. The number of phosphoric acid groups is 2. The fourth-order valence-corrected chi connectivity index (χ4v) is 9.90. The van der Waals surface area contributed by atoms with Crippen LogP contribution in [0.15, 0.2) is 0 Å². The highest BCUT2D eigenvalue weighted by Gasteiger charge is 2.47. The maximum absolute atomic E-state index is 12.1. The fourth-order valence-electron chi connectivity index (χ4n) is 3.13. The van der Waals surface area contributed by atoms with E-state index in [9.17, 15) is 58.3 Å². The lowest BCUT2D eigenvalue weighted by Crippen LogP contribution is -2.34. The number of ether oxygens (including phenoxy) is 2. The first-order chi connectivity index (χ1) is 15.7. The highest BCUT2D eigenvalue weighted by Crippen LogP contribution is 2.70. The first-order valence-electron chi connectivity index (χ1n) is 9.78. The molecule has 0 aromatic rings. The van der Waals surface area contributed by atoms with Crippen LogP contribution in [-0.2, 0) is 45.4 Å². The second kappa shape index (κ2) is 11.7. The van der Waals surface area contributed by atoms with E-state index in [1.54, 1.807) is 0 Å². The molecule has 0 amide bonds. The Hall–Kier alpha value is 0.425. The summed E-state index contributed by atoms with van der Waals surface area (Å²) in [5.41, 5.74) is 0. The standard InChI is InChI=1S/C12H27BO18P4/c1-5-8(14)9(15)6(28-5)2-26-34(22,23)30-32(18,19)4-33(20,21)31-35(24,25)27-3-7-10(16)11(17)12(13)29-7/h5-12,14-17H,2-4,13H2,1H3,(H,18,19)(H,20,21)(H,22,23)(H,24,25)/t5-,6+,7+,8+,9?,10?,11?,12+/m0/s1. The van der Waals surface area contributed by atoms with E-state index in [0.29, 0.717) is 0 Å². The molecule has 0 saturated carbocycles. The third kappa shape index (κ3) is 9.29. The first-order valence-corrected chi connectivity index (χ1v) is 16.3. The van der Waals surface area contributed by atoms with Gasteiger partial charge in [0.15, 0.2) is 5.90 Å². The van der Waals surface area contributed by atoms with Gasteiger partial charge in [-0.3, -0.25) is 18.2 Å². The van der Waals surface area contributed by atoms with Crippen molar-refractivity contribution < 1.29 is 85.4 Å².